The van der Waals surface area contributed by atoms with Crippen LogP contribution in [0.25, 0.3) is 0 Å². The van der Waals surface area contributed by atoms with Gasteiger partial charge < -0.3 is 5.32 Å². The number of rotatable bonds is 4. The van der Waals surface area contributed by atoms with E-state index in [0.29, 0.717) is 11.1 Å². The number of anilines is 1. The lowest BCUT2D eigenvalue weighted by molar-refractivity contribution is 0.782. The van der Waals surface area contributed by atoms with Crippen molar-refractivity contribution in [3.63, 3.8) is 0 Å². The normalized spacial score (nSPS) is 16.4. The van der Waals surface area contributed by atoms with Gasteiger partial charge in [-0.15, -0.1) is 0 Å². The molecule has 3 rings (SSSR count). The Morgan fingerprint density at radius 2 is 2.21 bits per heavy atom. The fourth-order valence-corrected chi connectivity index (χ4v) is 2.04. The van der Waals surface area contributed by atoms with Gasteiger partial charge in [-0.1, -0.05) is 11.6 Å². The summed E-state index contributed by atoms with van der Waals surface area (Å²) in [6.45, 7) is 3.90. The maximum Gasteiger partial charge on any atom is 0.146 e. The summed E-state index contributed by atoms with van der Waals surface area (Å²) in [5, 5.41) is 10.5. The molecule has 0 amide bonds. The van der Waals surface area contributed by atoms with Crippen LogP contribution < -0.4 is 5.32 Å². The molecule has 0 bridgehead atoms. The van der Waals surface area contributed by atoms with Crippen molar-refractivity contribution in [3.05, 3.63) is 28.7 Å². The summed E-state index contributed by atoms with van der Waals surface area (Å²) in [4.78, 5) is 13.0. The summed E-state index contributed by atoms with van der Waals surface area (Å²) >= 11 is 6.17. The van der Waals surface area contributed by atoms with E-state index in [2.05, 4.69) is 30.5 Å². The fourth-order valence-electron chi connectivity index (χ4n) is 1.87. The van der Waals surface area contributed by atoms with E-state index in [9.17, 15) is 0 Å². The third-order valence-electron chi connectivity index (χ3n) is 3.24. The first-order chi connectivity index (χ1) is 9.15. The van der Waals surface area contributed by atoms with Gasteiger partial charge in [0.1, 0.15) is 28.9 Å². The van der Waals surface area contributed by atoms with Crippen LogP contribution in [-0.2, 0) is 0 Å². The van der Waals surface area contributed by atoms with Crippen molar-refractivity contribution >= 4 is 17.4 Å². The molecule has 2 aromatic rings. The zero-order valence-electron chi connectivity index (χ0n) is 10.8. The lowest BCUT2D eigenvalue weighted by Crippen LogP contribution is -2.12. The van der Waals surface area contributed by atoms with Crippen LogP contribution in [0.2, 0.25) is 5.15 Å². The van der Waals surface area contributed by atoms with Gasteiger partial charge in [0.2, 0.25) is 0 Å². The van der Waals surface area contributed by atoms with E-state index in [-0.39, 0.29) is 6.04 Å². The minimum absolute atomic E-state index is 0.0146. The maximum atomic E-state index is 6.17. The average molecular weight is 279 g/mol. The largest absolute Gasteiger partial charge is 0.360 e. The molecule has 0 radical (unpaired) electrons. The summed E-state index contributed by atoms with van der Waals surface area (Å²) < 4.78 is 0. The molecule has 1 aliphatic rings. The summed E-state index contributed by atoms with van der Waals surface area (Å²) in [6, 6.07) is -0.0146. The molecule has 2 aromatic heterocycles. The summed E-state index contributed by atoms with van der Waals surface area (Å²) in [5.74, 6) is 2.84. The highest BCUT2D eigenvalue weighted by molar-refractivity contribution is 6.30. The molecule has 7 heteroatoms. The molecule has 1 unspecified atom stereocenters. The second-order valence-electron chi connectivity index (χ2n) is 4.86. The van der Waals surface area contributed by atoms with Crippen molar-refractivity contribution in [3.8, 4) is 0 Å². The van der Waals surface area contributed by atoms with Crippen LogP contribution in [0.5, 0.6) is 0 Å². The van der Waals surface area contributed by atoms with E-state index in [4.69, 9.17) is 11.6 Å². The molecule has 0 saturated heterocycles. The van der Waals surface area contributed by atoms with Gasteiger partial charge in [-0.2, -0.15) is 5.10 Å². The molecule has 0 spiro atoms. The van der Waals surface area contributed by atoms with Crippen molar-refractivity contribution in [2.45, 2.75) is 38.6 Å². The molecule has 2 heterocycles. The number of H-pyrrole nitrogens is 1. The van der Waals surface area contributed by atoms with Crippen molar-refractivity contribution in [2.75, 3.05) is 5.32 Å². The number of aromatic nitrogens is 5. The van der Waals surface area contributed by atoms with E-state index < -0.39 is 0 Å². The van der Waals surface area contributed by atoms with Crippen molar-refractivity contribution < 1.29 is 0 Å². The Bertz CT molecular complexity index is 578. The summed E-state index contributed by atoms with van der Waals surface area (Å²) in [7, 11) is 0. The van der Waals surface area contributed by atoms with E-state index >= 15 is 0 Å². The zero-order chi connectivity index (χ0) is 13.4. The zero-order valence-corrected chi connectivity index (χ0v) is 11.6. The third-order valence-corrected chi connectivity index (χ3v) is 3.61. The van der Waals surface area contributed by atoms with Crippen molar-refractivity contribution in [1.29, 1.82) is 0 Å². The van der Waals surface area contributed by atoms with Gasteiger partial charge in [-0.3, -0.25) is 5.10 Å². The molecule has 6 nitrogen and oxygen atoms in total. The van der Waals surface area contributed by atoms with Gasteiger partial charge in [0.05, 0.1) is 6.04 Å². The Labute approximate surface area is 116 Å². The van der Waals surface area contributed by atoms with Gasteiger partial charge in [0, 0.05) is 11.5 Å². The number of halogens is 1. The Balaban J connectivity index is 1.87. The quantitative estimate of drug-likeness (QED) is 0.841. The second kappa shape index (κ2) is 4.77. The standard InChI is InChI=1S/C12H15ClN6/c1-6-9(13)17-12(8-3-4-8)18-10(6)16-7(2)11-14-5-15-19-11/h5,7-8H,3-4H2,1-2H3,(H,14,15,19)(H,16,17,18). The predicted molar refractivity (Wildman–Crippen MR) is 72.2 cm³/mol. The summed E-state index contributed by atoms with van der Waals surface area (Å²) in [6.07, 6.45) is 3.79. The Kier molecular flexibility index (Phi) is 3.10. The molecule has 1 fully saturated rings. The minimum atomic E-state index is -0.0146. The second-order valence-corrected chi connectivity index (χ2v) is 5.22. The first kappa shape index (κ1) is 12.3. The van der Waals surface area contributed by atoms with Crippen LogP contribution in [0.1, 0.15) is 48.9 Å². The lowest BCUT2D eigenvalue weighted by Gasteiger charge is -2.15. The number of aromatic amines is 1. The first-order valence-corrected chi connectivity index (χ1v) is 6.68. The van der Waals surface area contributed by atoms with E-state index in [0.717, 1.165) is 35.9 Å². The average Bonchev–Trinajstić information content (AvgIpc) is 3.09. The summed E-state index contributed by atoms with van der Waals surface area (Å²) in [5.41, 5.74) is 0.859. The number of hydrogen-bond donors (Lipinski definition) is 2. The molecule has 19 heavy (non-hydrogen) atoms. The van der Waals surface area contributed by atoms with Gasteiger partial charge in [0.25, 0.3) is 0 Å². The third kappa shape index (κ3) is 2.53. The fraction of sp³-hybridized carbons (Fsp3) is 0.500. The van der Waals surface area contributed by atoms with Gasteiger partial charge >= 0.3 is 0 Å². The van der Waals surface area contributed by atoms with Crippen molar-refractivity contribution in [2.24, 2.45) is 0 Å². The SMILES string of the molecule is Cc1c(Cl)nc(C2CC2)nc1NC(C)c1ncn[nH]1. The molecular weight excluding hydrogens is 264 g/mol. The Morgan fingerprint density at radius 1 is 1.42 bits per heavy atom. The smallest absolute Gasteiger partial charge is 0.146 e. The van der Waals surface area contributed by atoms with Crippen LogP contribution in [-0.4, -0.2) is 25.1 Å². The Hall–Kier alpha value is -1.69. The monoisotopic (exact) mass is 278 g/mol. The van der Waals surface area contributed by atoms with Crippen LogP contribution in [0.4, 0.5) is 5.82 Å². The number of nitrogens with one attached hydrogen (secondary N) is 2. The predicted octanol–water partition coefficient (Wildman–Crippen LogP) is 2.61. The van der Waals surface area contributed by atoms with Gasteiger partial charge in [0.15, 0.2) is 0 Å². The minimum Gasteiger partial charge on any atom is -0.360 e. The molecule has 1 aliphatic carbocycles. The van der Waals surface area contributed by atoms with Crippen LogP contribution in [0.3, 0.4) is 0 Å². The van der Waals surface area contributed by atoms with Crippen LogP contribution >= 0.6 is 11.6 Å². The number of nitrogens with zero attached hydrogens (tertiary/aromatic N) is 4. The lowest BCUT2D eigenvalue weighted by atomic mass is 10.2. The van der Waals surface area contributed by atoms with Gasteiger partial charge in [-0.05, 0) is 26.7 Å². The highest BCUT2D eigenvalue weighted by Crippen LogP contribution is 2.39. The molecule has 1 saturated carbocycles. The van der Waals surface area contributed by atoms with E-state index in [1.54, 1.807) is 0 Å². The highest BCUT2D eigenvalue weighted by Gasteiger charge is 2.28. The van der Waals surface area contributed by atoms with Gasteiger partial charge in [-0.25, -0.2) is 15.0 Å². The molecule has 0 aliphatic heterocycles. The number of hydrogen-bond acceptors (Lipinski definition) is 5. The molecule has 0 aromatic carbocycles. The van der Waals surface area contributed by atoms with E-state index in [1.165, 1.54) is 6.33 Å². The molecular formula is C12H15ClN6. The molecule has 2 N–H and O–H groups in total. The van der Waals surface area contributed by atoms with Crippen molar-refractivity contribution in [1.82, 2.24) is 25.1 Å². The topological polar surface area (TPSA) is 79.4 Å². The highest BCUT2D eigenvalue weighted by atomic mass is 35.5. The molecule has 1 atom stereocenters. The molecule has 100 valence electrons. The van der Waals surface area contributed by atoms with Crippen LogP contribution in [0.15, 0.2) is 6.33 Å². The Morgan fingerprint density at radius 3 is 2.84 bits per heavy atom. The first-order valence-electron chi connectivity index (χ1n) is 6.31. The van der Waals surface area contributed by atoms with E-state index in [1.807, 2.05) is 13.8 Å². The van der Waals surface area contributed by atoms with Crippen LogP contribution in [0, 0.1) is 6.92 Å². The maximum absolute atomic E-state index is 6.17.